The van der Waals surface area contributed by atoms with Crippen LogP contribution in [-0.4, -0.2) is 16.8 Å². The lowest BCUT2D eigenvalue weighted by Crippen LogP contribution is -2.17. The molecule has 0 bridgehead atoms. The highest BCUT2D eigenvalue weighted by molar-refractivity contribution is 7.95. The first-order valence-electron chi connectivity index (χ1n) is 6.57. The Morgan fingerprint density at radius 2 is 1.57 bits per heavy atom. The number of nitrogens with one attached hydrogen (secondary N) is 1. The van der Waals surface area contributed by atoms with Gasteiger partial charge in [0.1, 0.15) is 4.90 Å². The second-order valence-corrected chi connectivity index (χ2v) is 8.00. The highest BCUT2D eigenvalue weighted by Gasteiger charge is 2.16. The van der Waals surface area contributed by atoms with Crippen LogP contribution in [0, 0.1) is 6.92 Å². The number of sulfonamides is 2. The average molecular weight is 352 g/mol. The molecule has 0 radical (unpaired) electrons. The molecule has 2 aromatic rings. The molecule has 0 saturated carbocycles. The lowest BCUT2D eigenvalue weighted by molar-refractivity contribution is 0.598. The summed E-state index contributed by atoms with van der Waals surface area (Å²) < 4.78 is 49.3. The van der Waals surface area contributed by atoms with Crippen molar-refractivity contribution >= 4 is 31.8 Å². The highest BCUT2D eigenvalue weighted by Crippen LogP contribution is 2.21. The third-order valence-electron chi connectivity index (χ3n) is 2.96. The average Bonchev–Trinajstić information content (AvgIpc) is 2.46. The normalized spacial score (nSPS) is 12.4. The van der Waals surface area contributed by atoms with Gasteiger partial charge in [-0.1, -0.05) is 42.0 Å². The molecule has 0 aliphatic rings. The minimum Gasteiger partial charge on any atom is -0.279 e. The predicted octanol–water partition coefficient (Wildman–Crippen LogP) is 2.06. The molecule has 0 amide bonds. The summed E-state index contributed by atoms with van der Waals surface area (Å²) in [6.07, 6.45) is 1.42. The van der Waals surface area contributed by atoms with Crippen molar-refractivity contribution in [1.82, 2.24) is 0 Å². The molecular weight excluding hydrogens is 336 g/mol. The highest BCUT2D eigenvalue weighted by atomic mass is 32.2. The van der Waals surface area contributed by atoms with Gasteiger partial charge in [-0.05, 0) is 30.7 Å². The predicted molar refractivity (Wildman–Crippen MR) is 90.6 cm³/mol. The van der Waals surface area contributed by atoms with E-state index in [1.165, 1.54) is 30.3 Å². The summed E-state index contributed by atoms with van der Waals surface area (Å²) in [6.45, 7) is 1.93. The largest absolute Gasteiger partial charge is 0.279 e. The summed E-state index contributed by atoms with van der Waals surface area (Å²) in [5.74, 6) is 0. The number of para-hydroxylation sites is 1. The number of hydrogen-bond acceptors (Lipinski definition) is 4. The summed E-state index contributed by atoms with van der Waals surface area (Å²) in [7, 11) is -7.91. The van der Waals surface area contributed by atoms with E-state index in [2.05, 4.69) is 4.72 Å². The topological polar surface area (TPSA) is 106 Å². The fourth-order valence-electron chi connectivity index (χ4n) is 1.83. The van der Waals surface area contributed by atoms with Crippen molar-refractivity contribution in [2.24, 2.45) is 5.14 Å². The van der Waals surface area contributed by atoms with Gasteiger partial charge in [-0.3, -0.25) is 4.72 Å². The molecule has 0 saturated heterocycles. The summed E-state index contributed by atoms with van der Waals surface area (Å²) in [6, 6.07) is 12.8. The van der Waals surface area contributed by atoms with E-state index >= 15 is 0 Å². The Bertz CT molecular complexity index is 932. The molecule has 0 spiro atoms. The smallest absolute Gasteiger partial charge is 0.255 e. The Balaban J connectivity index is 2.27. The molecule has 8 heteroatoms. The molecule has 0 aliphatic heterocycles. The van der Waals surface area contributed by atoms with Crippen molar-refractivity contribution in [3.8, 4) is 0 Å². The van der Waals surface area contributed by atoms with Crippen LogP contribution in [0.3, 0.4) is 0 Å². The van der Waals surface area contributed by atoms with Gasteiger partial charge in [0.15, 0.2) is 0 Å². The third-order valence-corrected chi connectivity index (χ3v) is 4.93. The van der Waals surface area contributed by atoms with Gasteiger partial charge >= 0.3 is 0 Å². The van der Waals surface area contributed by atoms with Crippen LogP contribution >= 0.6 is 0 Å². The monoisotopic (exact) mass is 352 g/mol. The van der Waals surface area contributed by atoms with E-state index < -0.39 is 20.0 Å². The minimum absolute atomic E-state index is 0.0939. The molecule has 6 nitrogen and oxygen atoms in total. The molecule has 0 fully saturated rings. The maximum Gasteiger partial charge on any atom is 0.255 e. The SMILES string of the molecule is Cc1ccc(C=CS(=O)(=O)Nc2ccccc2S(N)(=O)=O)cc1. The van der Waals surface area contributed by atoms with Gasteiger partial charge in [0.05, 0.1) is 11.1 Å². The van der Waals surface area contributed by atoms with Crippen LogP contribution in [0.2, 0.25) is 0 Å². The van der Waals surface area contributed by atoms with E-state index in [1.807, 2.05) is 19.1 Å². The van der Waals surface area contributed by atoms with Gasteiger partial charge in [-0.15, -0.1) is 0 Å². The maximum absolute atomic E-state index is 12.1. The van der Waals surface area contributed by atoms with Crippen molar-refractivity contribution in [2.45, 2.75) is 11.8 Å². The zero-order valence-electron chi connectivity index (χ0n) is 12.3. The van der Waals surface area contributed by atoms with Gasteiger partial charge in [-0.2, -0.15) is 0 Å². The Morgan fingerprint density at radius 1 is 0.957 bits per heavy atom. The number of aryl methyl sites for hydroxylation is 1. The first-order chi connectivity index (χ1) is 10.7. The second kappa shape index (κ2) is 6.53. The standard InChI is InChI=1S/C15H16N2O4S2/c1-12-6-8-13(9-7-12)10-11-22(18,19)17-14-4-2-3-5-15(14)23(16,20)21/h2-11,17H,1H3,(H2,16,20,21). The van der Waals surface area contributed by atoms with Crippen LogP contribution in [0.4, 0.5) is 5.69 Å². The summed E-state index contributed by atoms with van der Waals surface area (Å²) in [5, 5.41) is 6.04. The molecule has 2 aromatic carbocycles. The quantitative estimate of drug-likeness (QED) is 0.859. The van der Waals surface area contributed by atoms with Crippen LogP contribution in [0.1, 0.15) is 11.1 Å². The fraction of sp³-hybridized carbons (Fsp3) is 0.0667. The lowest BCUT2D eigenvalue weighted by atomic mass is 10.2. The van der Waals surface area contributed by atoms with Crippen LogP contribution in [0.25, 0.3) is 6.08 Å². The van der Waals surface area contributed by atoms with Crippen molar-refractivity contribution < 1.29 is 16.8 Å². The number of rotatable bonds is 5. The summed E-state index contributed by atoms with van der Waals surface area (Å²) >= 11 is 0. The maximum atomic E-state index is 12.1. The number of primary sulfonamides is 1. The van der Waals surface area contributed by atoms with Gasteiger partial charge in [0.2, 0.25) is 10.0 Å². The molecule has 0 unspecified atom stereocenters. The Hall–Kier alpha value is -2.16. The summed E-state index contributed by atoms with van der Waals surface area (Å²) in [4.78, 5) is -0.285. The minimum atomic E-state index is -4.03. The number of benzene rings is 2. The third kappa shape index (κ3) is 4.92. The van der Waals surface area contributed by atoms with Crippen LogP contribution in [0.5, 0.6) is 0 Å². The zero-order valence-corrected chi connectivity index (χ0v) is 13.9. The van der Waals surface area contributed by atoms with Crippen molar-refractivity contribution in [3.05, 3.63) is 65.1 Å². The van der Waals surface area contributed by atoms with Crippen LogP contribution in [-0.2, 0) is 20.0 Å². The van der Waals surface area contributed by atoms with Crippen LogP contribution in [0.15, 0.2) is 58.8 Å². The molecule has 0 aromatic heterocycles. The second-order valence-electron chi connectivity index (χ2n) is 4.90. The lowest BCUT2D eigenvalue weighted by Gasteiger charge is -2.08. The molecule has 0 atom stereocenters. The van der Waals surface area contributed by atoms with Crippen LogP contribution < -0.4 is 9.86 Å². The molecule has 122 valence electrons. The van der Waals surface area contributed by atoms with Gasteiger partial charge in [-0.25, -0.2) is 22.0 Å². The van der Waals surface area contributed by atoms with E-state index in [1.54, 1.807) is 12.1 Å². The number of anilines is 1. The Kier molecular flexibility index (Phi) is 4.88. The first-order valence-corrected chi connectivity index (χ1v) is 9.66. The van der Waals surface area contributed by atoms with Gasteiger partial charge in [0.25, 0.3) is 10.0 Å². The zero-order chi connectivity index (χ0) is 17.1. The summed E-state index contributed by atoms with van der Waals surface area (Å²) in [5.41, 5.74) is 1.68. The number of nitrogens with two attached hydrogens (primary N) is 1. The van der Waals surface area contributed by atoms with Crippen molar-refractivity contribution in [3.63, 3.8) is 0 Å². The molecule has 0 aliphatic carbocycles. The number of hydrogen-bond donors (Lipinski definition) is 2. The van der Waals surface area contributed by atoms with Gasteiger partial charge < -0.3 is 0 Å². The fourth-order valence-corrected chi connectivity index (χ4v) is 3.48. The van der Waals surface area contributed by atoms with Crippen molar-refractivity contribution in [2.75, 3.05) is 4.72 Å². The molecule has 23 heavy (non-hydrogen) atoms. The van der Waals surface area contributed by atoms with Gasteiger partial charge in [0, 0.05) is 0 Å². The molecule has 2 rings (SSSR count). The molecular formula is C15H16N2O4S2. The van der Waals surface area contributed by atoms with E-state index in [0.29, 0.717) is 5.56 Å². The first kappa shape index (κ1) is 17.2. The van der Waals surface area contributed by atoms with E-state index in [0.717, 1.165) is 11.0 Å². The van der Waals surface area contributed by atoms with E-state index in [4.69, 9.17) is 5.14 Å². The van der Waals surface area contributed by atoms with E-state index in [-0.39, 0.29) is 10.6 Å². The Morgan fingerprint density at radius 3 is 2.17 bits per heavy atom. The Labute approximate surface area is 135 Å². The van der Waals surface area contributed by atoms with E-state index in [9.17, 15) is 16.8 Å². The molecule has 0 heterocycles. The molecule has 3 N–H and O–H groups in total. The van der Waals surface area contributed by atoms with Crippen molar-refractivity contribution in [1.29, 1.82) is 0 Å².